The molecule has 0 saturated carbocycles. The van der Waals surface area contributed by atoms with Gasteiger partial charge >= 0.3 is 0 Å². The van der Waals surface area contributed by atoms with Gasteiger partial charge in [-0.15, -0.1) is 11.8 Å². The van der Waals surface area contributed by atoms with Crippen molar-refractivity contribution in [3.05, 3.63) is 29.1 Å². The third kappa shape index (κ3) is 3.10. The molecule has 0 aromatic heterocycles. The van der Waals surface area contributed by atoms with Crippen molar-refractivity contribution in [2.75, 3.05) is 26.4 Å². The summed E-state index contributed by atoms with van der Waals surface area (Å²) in [5, 5.41) is 0. The third-order valence-corrected chi connectivity index (χ3v) is 2.99. The van der Waals surface area contributed by atoms with E-state index in [1.807, 2.05) is 0 Å². The van der Waals surface area contributed by atoms with Gasteiger partial charge in [-0.25, -0.2) is 22.0 Å². The minimum atomic E-state index is -2.13. The first-order valence-corrected chi connectivity index (χ1v) is 5.63. The maximum atomic E-state index is 13.2. The average Bonchev–Trinajstić information content (AvgIpc) is 2.28. The van der Waals surface area contributed by atoms with E-state index in [0.29, 0.717) is 18.3 Å². The molecule has 0 heterocycles. The maximum absolute atomic E-state index is 13.2. The highest BCUT2D eigenvalue weighted by Crippen LogP contribution is 2.30. The highest BCUT2D eigenvalue weighted by molar-refractivity contribution is 7.99. The van der Waals surface area contributed by atoms with Crippen LogP contribution in [0.15, 0.2) is 4.90 Å². The molecule has 1 aromatic carbocycles. The fourth-order valence-electron chi connectivity index (χ4n) is 1.04. The first-order chi connectivity index (χ1) is 7.86. The predicted octanol–water partition coefficient (Wildman–Crippen LogP) is 3.04. The van der Waals surface area contributed by atoms with E-state index in [0.717, 1.165) is 0 Å². The second kappa shape index (κ2) is 5.68. The molecule has 1 rings (SSSR count). The number of thioether (sulfide) groups is 1. The number of hydrogen-bond acceptors (Lipinski definition) is 2. The molecule has 0 atom stereocenters. The molecule has 0 amide bonds. The van der Waals surface area contributed by atoms with Gasteiger partial charge in [-0.2, -0.15) is 0 Å². The Labute approximate surface area is 99.6 Å². The molecule has 0 spiro atoms. The highest BCUT2D eigenvalue weighted by atomic mass is 32.2. The van der Waals surface area contributed by atoms with Gasteiger partial charge in [-0.1, -0.05) is 0 Å². The molecule has 7 heteroatoms. The Kier molecular flexibility index (Phi) is 4.76. The van der Waals surface area contributed by atoms with Crippen molar-refractivity contribution < 1.29 is 22.0 Å². The van der Waals surface area contributed by atoms with Crippen LogP contribution in [0.5, 0.6) is 0 Å². The number of hydrogen-bond donors (Lipinski definition) is 0. The molecule has 0 N–H and O–H groups in total. The zero-order chi connectivity index (χ0) is 13.2. The van der Waals surface area contributed by atoms with E-state index in [4.69, 9.17) is 0 Å². The van der Waals surface area contributed by atoms with Crippen molar-refractivity contribution in [2.45, 2.75) is 4.90 Å². The molecular formula is C10H10F5NS. The van der Waals surface area contributed by atoms with Crippen LogP contribution in [0.2, 0.25) is 0 Å². The van der Waals surface area contributed by atoms with Crippen LogP contribution < -0.4 is 0 Å². The van der Waals surface area contributed by atoms with Crippen molar-refractivity contribution >= 4 is 11.8 Å². The van der Waals surface area contributed by atoms with Gasteiger partial charge in [-0.05, 0) is 14.1 Å². The zero-order valence-corrected chi connectivity index (χ0v) is 9.98. The molecule has 1 nitrogen and oxygen atoms in total. The van der Waals surface area contributed by atoms with Crippen molar-refractivity contribution in [3.63, 3.8) is 0 Å². The lowest BCUT2D eigenvalue weighted by Crippen LogP contribution is -2.15. The average molecular weight is 271 g/mol. The Morgan fingerprint density at radius 2 is 1.24 bits per heavy atom. The molecule has 1 aromatic rings. The van der Waals surface area contributed by atoms with Gasteiger partial charge in [-0.3, -0.25) is 0 Å². The van der Waals surface area contributed by atoms with E-state index in [2.05, 4.69) is 0 Å². The highest BCUT2D eigenvalue weighted by Gasteiger charge is 2.25. The molecule has 0 aliphatic rings. The van der Waals surface area contributed by atoms with Gasteiger partial charge in [0.15, 0.2) is 23.3 Å². The molecular weight excluding hydrogens is 261 g/mol. The molecule has 0 radical (unpaired) electrons. The number of nitrogens with zero attached hydrogens (tertiary/aromatic N) is 1. The first kappa shape index (κ1) is 14.2. The predicted molar refractivity (Wildman–Crippen MR) is 55.5 cm³/mol. The Morgan fingerprint density at radius 3 is 1.65 bits per heavy atom. The molecule has 0 aliphatic heterocycles. The van der Waals surface area contributed by atoms with Crippen LogP contribution in [0, 0.1) is 29.1 Å². The fraction of sp³-hybridized carbons (Fsp3) is 0.400. The van der Waals surface area contributed by atoms with Crippen LogP contribution in [-0.4, -0.2) is 31.3 Å². The first-order valence-electron chi connectivity index (χ1n) is 4.65. The normalized spacial score (nSPS) is 11.3. The minimum Gasteiger partial charge on any atom is -0.309 e. The summed E-state index contributed by atoms with van der Waals surface area (Å²) >= 11 is 0.601. The number of halogens is 5. The van der Waals surface area contributed by atoms with Crippen molar-refractivity contribution in [2.24, 2.45) is 0 Å². The van der Waals surface area contributed by atoms with E-state index in [-0.39, 0.29) is 5.75 Å². The van der Waals surface area contributed by atoms with Crippen molar-refractivity contribution in [1.29, 1.82) is 0 Å². The maximum Gasteiger partial charge on any atom is 0.200 e. The molecule has 96 valence electrons. The topological polar surface area (TPSA) is 3.24 Å². The van der Waals surface area contributed by atoms with E-state index in [1.54, 1.807) is 19.0 Å². The minimum absolute atomic E-state index is 0.228. The Hall–Kier alpha value is -0.820. The van der Waals surface area contributed by atoms with Crippen LogP contribution in [0.3, 0.4) is 0 Å². The summed E-state index contributed by atoms with van der Waals surface area (Å²) in [5.74, 6) is -9.26. The van der Waals surface area contributed by atoms with Gasteiger partial charge in [0.05, 0.1) is 4.90 Å². The van der Waals surface area contributed by atoms with Gasteiger partial charge in [0, 0.05) is 12.3 Å². The third-order valence-electron chi connectivity index (χ3n) is 1.95. The lowest BCUT2D eigenvalue weighted by atomic mass is 10.3. The Bertz CT molecular complexity index is 393. The lowest BCUT2D eigenvalue weighted by molar-refractivity contribution is 0.360. The van der Waals surface area contributed by atoms with Gasteiger partial charge in [0.1, 0.15) is 0 Å². The summed E-state index contributed by atoms with van der Waals surface area (Å²) in [6.07, 6.45) is 0. The SMILES string of the molecule is CN(C)CCSc1c(F)c(F)c(F)c(F)c1F. The Balaban J connectivity index is 2.99. The van der Waals surface area contributed by atoms with Crippen LogP contribution in [0.25, 0.3) is 0 Å². The molecule has 0 bridgehead atoms. The van der Waals surface area contributed by atoms with Crippen molar-refractivity contribution in [3.8, 4) is 0 Å². The smallest absolute Gasteiger partial charge is 0.200 e. The van der Waals surface area contributed by atoms with E-state index in [1.165, 1.54) is 0 Å². The second-order valence-electron chi connectivity index (χ2n) is 3.55. The summed E-state index contributed by atoms with van der Waals surface area (Å²) in [4.78, 5) is 0.905. The molecule has 0 aliphatic carbocycles. The zero-order valence-electron chi connectivity index (χ0n) is 9.16. The van der Waals surface area contributed by atoms with Crippen molar-refractivity contribution in [1.82, 2.24) is 4.90 Å². The molecule has 0 saturated heterocycles. The molecule has 0 fully saturated rings. The van der Waals surface area contributed by atoms with Crippen LogP contribution in [0.1, 0.15) is 0 Å². The summed E-state index contributed by atoms with van der Waals surface area (Å²) in [7, 11) is 3.47. The standard InChI is InChI=1S/C10H10F5NS/c1-16(2)3-4-17-10-8(14)6(12)5(11)7(13)9(10)15/h3-4H2,1-2H3. The number of benzene rings is 1. The van der Waals surface area contributed by atoms with Crippen LogP contribution in [-0.2, 0) is 0 Å². The van der Waals surface area contributed by atoms with E-state index < -0.39 is 34.0 Å². The monoisotopic (exact) mass is 271 g/mol. The quantitative estimate of drug-likeness (QED) is 0.358. The van der Waals surface area contributed by atoms with Gasteiger partial charge < -0.3 is 4.90 Å². The second-order valence-corrected chi connectivity index (χ2v) is 4.66. The lowest BCUT2D eigenvalue weighted by Gasteiger charge is -2.10. The molecule has 0 unspecified atom stereocenters. The largest absolute Gasteiger partial charge is 0.309 e. The van der Waals surface area contributed by atoms with Gasteiger partial charge in [0.2, 0.25) is 5.82 Å². The fourth-order valence-corrected chi connectivity index (χ4v) is 2.13. The molecule has 17 heavy (non-hydrogen) atoms. The summed E-state index contributed by atoms with van der Waals surface area (Å²) < 4.78 is 64.7. The number of rotatable bonds is 4. The van der Waals surface area contributed by atoms with Gasteiger partial charge in [0.25, 0.3) is 0 Å². The summed E-state index contributed by atoms with van der Waals surface area (Å²) in [6, 6.07) is 0. The van der Waals surface area contributed by atoms with E-state index >= 15 is 0 Å². The van der Waals surface area contributed by atoms with Crippen LogP contribution >= 0.6 is 11.8 Å². The van der Waals surface area contributed by atoms with Crippen LogP contribution in [0.4, 0.5) is 22.0 Å². The van der Waals surface area contributed by atoms with E-state index in [9.17, 15) is 22.0 Å². The Morgan fingerprint density at radius 1 is 0.824 bits per heavy atom. The summed E-state index contributed by atoms with van der Waals surface area (Å²) in [5.41, 5.74) is 0. The summed E-state index contributed by atoms with van der Waals surface area (Å²) in [6.45, 7) is 0.462.